The number of ether oxygens (including phenoxy) is 1. The van der Waals surface area contributed by atoms with E-state index >= 15 is 0 Å². The van der Waals surface area contributed by atoms with E-state index in [9.17, 15) is 18.4 Å². The van der Waals surface area contributed by atoms with Crippen molar-refractivity contribution in [2.75, 3.05) is 6.54 Å². The highest BCUT2D eigenvalue weighted by Gasteiger charge is 2.12. The summed E-state index contributed by atoms with van der Waals surface area (Å²) in [6.07, 6.45) is 0. The van der Waals surface area contributed by atoms with Crippen LogP contribution in [-0.4, -0.2) is 18.4 Å². The van der Waals surface area contributed by atoms with Crippen molar-refractivity contribution in [2.45, 2.75) is 13.5 Å². The number of carbonyl (C=O) groups excluding carboxylic acids is 2. The zero-order chi connectivity index (χ0) is 16.8. The number of halogens is 2. The van der Waals surface area contributed by atoms with Gasteiger partial charge in [-0.2, -0.15) is 0 Å². The fraction of sp³-hybridized carbons (Fsp3) is 0.176. The largest absolute Gasteiger partial charge is 0.459 e. The van der Waals surface area contributed by atoms with Crippen molar-refractivity contribution in [3.05, 3.63) is 70.8 Å². The van der Waals surface area contributed by atoms with E-state index in [1.165, 1.54) is 12.1 Å². The minimum atomic E-state index is -1.05. The van der Waals surface area contributed by atoms with Crippen molar-refractivity contribution >= 4 is 11.9 Å². The van der Waals surface area contributed by atoms with Crippen molar-refractivity contribution in [3.63, 3.8) is 0 Å². The van der Waals surface area contributed by atoms with Gasteiger partial charge in [-0.25, -0.2) is 8.78 Å². The second kappa shape index (κ2) is 7.49. The highest BCUT2D eigenvalue weighted by atomic mass is 19.2. The highest BCUT2D eigenvalue weighted by molar-refractivity contribution is 5.96. The molecule has 0 unspecified atom stereocenters. The van der Waals surface area contributed by atoms with Crippen LogP contribution in [0, 0.1) is 18.6 Å². The van der Waals surface area contributed by atoms with Gasteiger partial charge in [0.2, 0.25) is 0 Å². The first-order chi connectivity index (χ1) is 11.0. The molecular formula is C17H15F2NO3. The van der Waals surface area contributed by atoms with Crippen molar-refractivity contribution in [2.24, 2.45) is 0 Å². The number of carbonyl (C=O) groups is 2. The molecule has 0 aromatic heterocycles. The second-order valence-electron chi connectivity index (χ2n) is 4.93. The number of amides is 1. The summed E-state index contributed by atoms with van der Waals surface area (Å²) in [5.74, 6) is -3.22. The molecule has 0 saturated carbocycles. The Kier molecular flexibility index (Phi) is 5.41. The standard InChI is InChI=1S/C17H15F2NO3/c1-11-4-2-5-12(8-11)17(22)20-9-15(21)23-10-13-6-3-7-14(18)16(13)19/h2-8H,9-10H2,1H3,(H,20,22). The minimum absolute atomic E-state index is 0.0663. The van der Waals surface area contributed by atoms with Gasteiger partial charge in [0.25, 0.3) is 5.91 Å². The molecule has 23 heavy (non-hydrogen) atoms. The fourth-order valence-corrected chi connectivity index (χ4v) is 1.91. The van der Waals surface area contributed by atoms with Crippen LogP contribution in [0.5, 0.6) is 0 Å². The molecule has 0 aliphatic carbocycles. The van der Waals surface area contributed by atoms with E-state index in [1.54, 1.807) is 18.2 Å². The molecule has 0 radical (unpaired) electrons. The summed E-state index contributed by atoms with van der Waals surface area (Å²) >= 11 is 0. The van der Waals surface area contributed by atoms with Crippen LogP contribution in [0.4, 0.5) is 8.78 Å². The van der Waals surface area contributed by atoms with Crippen molar-refractivity contribution in [3.8, 4) is 0 Å². The molecule has 0 atom stereocenters. The first-order valence-corrected chi connectivity index (χ1v) is 6.91. The summed E-state index contributed by atoms with van der Waals surface area (Å²) in [6, 6.07) is 10.5. The van der Waals surface area contributed by atoms with Gasteiger partial charge in [0.15, 0.2) is 11.6 Å². The average Bonchev–Trinajstić information content (AvgIpc) is 2.54. The van der Waals surface area contributed by atoms with E-state index in [0.717, 1.165) is 11.6 Å². The van der Waals surface area contributed by atoms with E-state index in [2.05, 4.69) is 5.32 Å². The molecule has 0 fully saturated rings. The van der Waals surface area contributed by atoms with Gasteiger partial charge in [-0.05, 0) is 25.1 Å². The van der Waals surface area contributed by atoms with Crippen LogP contribution >= 0.6 is 0 Å². The van der Waals surface area contributed by atoms with Crippen molar-refractivity contribution < 1.29 is 23.1 Å². The van der Waals surface area contributed by atoms with Gasteiger partial charge in [-0.3, -0.25) is 9.59 Å². The van der Waals surface area contributed by atoms with Gasteiger partial charge in [0.05, 0.1) is 0 Å². The van der Waals surface area contributed by atoms with E-state index in [0.29, 0.717) is 5.56 Å². The molecule has 0 heterocycles. The van der Waals surface area contributed by atoms with E-state index in [1.807, 2.05) is 13.0 Å². The number of benzene rings is 2. The molecule has 0 bridgehead atoms. The molecule has 4 nitrogen and oxygen atoms in total. The monoisotopic (exact) mass is 319 g/mol. The first kappa shape index (κ1) is 16.6. The summed E-state index contributed by atoms with van der Waals surface area (Å²) in [5.41, 5.74) is 1.28. The minimum Gasteiger partial charge on any atom is -0.459 e. The lowest BCUT2D eigenvalue weighted by Gasteiger charge is -2.08. The summed E-state index contributed by atoms with van der Waals surface area (Å²) in [4.78, 5) is 23.4. The molecule has 0 aliphatic rings. The Hall–Kier alpha value is -2.76. The number of aryl methyl sites for hydroxylation is 1. The van der Waals surface area contributed by atoms with Crippen LogP contribution in [-0.2, 0) is 16.1 Å². The highest BCUT2D eigenvalue weighted by Crippen LogP contribution is 2.12. The molecule has 0 saturated heterocycles. The molecule has 2 aromatic carbocycles. The van der Waals surface area contributed by atoms with E-state index in [4.69, 9.17) is 4.74 Å². The number of rotatable bonds is 5. The Morgan fingerprint density at radius 3 is 2.61 bits per heavy atom. The normalized spacial score (nSPS) is 10.2. The summed E-state index contributed by atoms with van der Waals surface area (Å²) < 4.78 is 31.2. The Labute approximate surface area is 132 Å². The average molecular weight is 319 g/mol. The third-order valence-corrected chi connectivity index (χ3v) is 3.09. The van der Waals surface area contributed by atoms with Crippen LogP contribution in [0.1, 0.15) is 21.5 Å². The van der Waals surface area contributed by atoms with E-state index < -0.39 is 30.1 Å². The predicted octanol–water partition coefficient (Wildman–Crippen LogP) is 2.75. The number of nitrogens with one attached hydrogen (secondary N) is 1. The lowest BCUT2D eigenvalue weighted by molar-refractivity contribution is -0.143. The zero-order valence-corrected chi connectivity index (χ0v) is 12.4. The Morgan fingerprint density at radius 1 is 1.13 bits per heavy atom. The predicted molar refractivity (Wildman–Crippen MR) is 79.7 cm³/mol. The maximum absolute atomic E-state index is 13.4. The first-order valence-electron chi connectivity index (χ1n) is 6.91. The molecule has 0 spiro atoms. The van der Waals surface area contributed by atoms with Gasteiger partial charge < -0.3 is 10.1 Å². The van der Waals surface area contributed by atoms with Crippen molar-refractivity contribution in [1.29, 1.82) is 0 Å². The molecule has 1 N–H and O–H groups in total. The molecule has 0 aliphatic heterocycles. The van der Waals surface area contributed by atoms with Crippen LogP contribution in [0.2, 0.25) is 0 Å². The van der Waals surface area contributed by atoms with Gasteiger partial charge in [-0.1, -0.05) is 29.8 Å². The van der Waals surface area contributed by atoms with Gasteiger partial charge >= 0.3 is 5.97 Å². The molecule has 1 amide bonds. The van der Waals surface area contributed by atoms with Gasteiger partial charge in [-0.15, -0.1) is 0 Å². The van der Waals surface area contributed by atoms with Gasteiger partial charge in [0, 0.05) is 11.1 Å². The summed E-state index contributed by atoms with van der Waals surface area (Å²) in [5, 5.41) is 2.41. The maximum Gasteiger partial charge on any atom is 0.325 e. The fourth-order valence-electron chi connectivity index (χ4n) is 1.91. The van der Waals surface area contributed by atoms with Crippen LogP contribution in [0.15, 0.2) is 42.5 Å². The number of esters is 1. The topological polar surface area (TPSA) is 55.4 Å². The maximum atomic E-state index is 13.4. The lowest BCUT2D eigenvalue weighted by Crippen LogP contribution is -2.30. The third kappa shape index (κ3) is 4.60. The quantitative estimate of drug-likeness (QED) is 0.862. The van der Waals surface area contributed by atoms with Crippen LogP contribution in [0.3, 0.4) is 0 Å². The van der Waals surface area contributed by atoms with Gasteiger partial charge in [0.1, 0.15) is 13.2 Å². The molecule has 2 rings (SSSR count). The Bertz CT molecular complexity index is 732. The Balaban J connectivity index is 1.83. The van der Waals surface area contributed by atoms with Crippen molar-refractivity contribution in [1.82, 2.24) is 5.32 Å². The summed E-state index contributed by atoms with van der Waals surface area (Å²) in [7, 11) is 0. The molecule has 6 heteroatoms. The number of hydrogen-bond acceptors (Lipinski definition) is 3. The smallest absolute Gasteiger partial charge is 0.325 e. The molecular weight excluding hydrogens is 304 g/mol. The van der Waals surface area contributed by atoms with Crippen LogP contribution < -0.4 is 5.32 Å². The molecule has 2 aromatic rings. The third-order valence-electron chi connectivity index (χ3n) is 3.09. The number of hydrogen-bond donors (Lipinski definition) is 1. The lowest BCUT2D eigenvalue weighted by atomic mass is 10.1. The summed E-state index contributed by atoms with van der Waals surface area (Å²) in [6.45, 7) is 1.09. The van der Waals surface area contributed by atoms with Crippen LogP contribution in [0.25, 0.3) is 0 Å². The Morgan fingerprint density at radius 2 is 1.87 bits per heavy atom. The molecule has 120 valence electrons. The zero-order valence-electron chi connectivity index (χ0n) is 12.4. The van der Waals surface area contributed by atoms with E-state index in [-0.39, 0.29) is 12.1 Å². The second-order valence-corrected chi connectivity index (χ2v) is 4.93. The SMILES string of the molecule is Cc1cccc(C(=O)NCC(=O)OCc2cccc(F)c2F)c1.